The number of para-hydroxylation sites is 1. The summed E-state index contributed by atoms with van der Waals surface area (Å²) in [5.41, 5.74) is 0.985. The maximum Gasteiger partial charge on any atom is 0.238 e. The monoisotopic (exact) mass is 257 g/mol. The molecule has 0 saturated heterocycles. The SMILES string of the molecule is O=CCN1C(=O)C2(CCCC(=O)C2)c2ccccc21. The number of nitrogens with zero attached hydrogens (tertiary/aromatic N) is 1. The Morgan fingerprint density at radius 3 is 2.79 bits per heavy atom. The second kappa shape index (κ2) is 4.30. The summed E-state index contributed by atoms with van der Waals surface area (Å²) < 4.78 is 0. The Balaban J connectivity index is 2.13. The van der Waals surface area contributed by atoms with E-state index in [1.165, 1.54) is 4.90 Å². The number of anilines is 1. The fourth-order valence-corrected chi connectivity index (χ4v) is 3.37. The number of carbonyl (C=O) groups excluding carboxylic acids is 3. The summed E-state index contributed by atoms with van der Waals surface area (Å²) in [4.78, 5) is 36.8. The second-order valence-corrected chi connectivity index (χ2v) is 5.25. The summed E-state index contributed by atoms with van der Waals surface area (Å²) in [6.07, 6.45) is 3.01. The third-order valence-electron chi connectivity index (χ3n) is 4.18. The molecule has 98 valence electrons. The lowest BCUT2D eigenvalue weighted by Crippen LogP contribution is -2.44. The maximum absolute atomic E-state index is 12.7. The Morgan fingerprint density at radius 1 is 1.26 bits per heavy atom. The highest BCUT2D eigenvalue weighted by molar-refractivity contribution is 6.11. The number of benzene rings is 1. The van der Waals surface area contributed by atoms with Crippen LogP contribution in [0.4, 0.5) is 5.69 Å². The molecule has 1 aliphatic carbocycles. The number of ketones is 1. The van der Waals surface area contributed by atoms with Gasteiger partial charge < -0.3 is 9.69 Å². The molecule has 0 bridgehead atoms. The van der Waals surface area contributed by atoms with Gasteiger partial charge in [-0.2, -0.15) is 0 Å². The molecule has 19 heavy (non-hydrogen) atoms. The van der Waals surface area contributed by atoms with Crippen LogP contribution in [0.25, 0.3) is 0 Å². The predicted molar refractivity (Wildman–Crippen MR) is 70.0 cm³/mol. The van der Waals surface area contributed by atoms with E-state index >= 15 is 0 Å². The molecule has 0 radical (unpaired) electrons. The molecule has 1 aliphatic heterocycles. The van der Waals surface area contributed by atoms with Crippen molar-refractivity contribution in [3.05, 3.63) is 29.8 Å². The first-order valence-corrected chi connectivity index (χ1v) is 6.56. The zero-order valence-corrected chi connectivity index (χ0v) is 10.6. The summed E-state index contributed by atoms with van der Waals surface area (Å²) in [6, 6.07) is 7.51. The van der Waals surface area contributed by atoms with Crippen LogP contribution in [0.3, 0.4) is 0 Å². The van der Waals surface area contributed by atoms with Gasteiger partial charge in [-0.25, -0.2) is 0 Å². The molecule has 0 aromatic heterocycles. The second-order valence-electron chi connectivity index (χ2n) is 5.25. The largest absolute Gasteiger partial charge is 0.304 e. The normalized spacial score (nSPS) is 25.8. The van der Waals surface area contributed by atoms with Crippen molar-refractivity contribution < 1.29 is 14.4 Å². The molecule has 1 unspecified atom stereocenters. The van der Waals surface area contributed by atoms with Crippen molar-refractivity contribution in [1.29, 1.82) is 0 Å². The first kappa shape index (κ1) is 12.1. The van der Waals surface area contributed by atoms with Gasteiger partial charge in [0, 0.05) is 18.5 Å². The molecular weight excluding hydrogens is 242 g/mol. The molecule has 1 saturated carbocycles. The Bertz CT molecular complexity index is 566. The van der Waals surface area contributed by atoms with Crippen LogP contribution in [0, 0.1) is 0 Å². The molecule has 1 atom stereocenters. The molecule has 1 amide bonds. The summed E-state index contributed by atoms with van der Waals surface area (Å²) >= 11 is 0. The van der Waals surface area contributed by atoms with E-state index in [1.807, 2.05) is 24.3 Å². The molecule has 1 aromatic rings. The summed E-state index contributed by atoms with van der Waals surface area (Å²) in [6.45, 7) is 0.0613. The van der Waals surface area contributed by atoms with Gasteiger partial charge in [0.15, 0.2) is 0 Å². The molecular formula is C15H15NO3. The van der Waals surface area contributed by atoms with Gasteiger partial charge in [0.05, 0.1) is 12.0 Å². The minimum Gasteiger partial charge on any atom is -0.304 e. The van der Waals surface area contributed by atoms with Crippen molar-refractivity contribution in [2.24, 2.45) is 0 Å². The van der Waals surface area contributed by atoms with Gasteiger partial charge in [0.25, 0.3) is 0 Å². The minimum absolute atomic E-state index is 0.0613. The van der Waals surface area contributed by atoms with Gasteiger partial charge in [0.2, 0.25) is 5.91 Å². The minimum atomic E-state index is -0.713. The topological polar surface area (TPSA) is 54.5 Å². The molecule has 3 rings (SSSR count). The highest BCUT2D eigenvalue weighted by Gasteiger charge is 2.52. The molecule has 4 nitrogen and oxygen atoms in total. The summed E-state index contributed by atoms with van der Waals surface area (Å²) in [5, 5.41) is 0. The third-order valence-corrected chi connectivity index (χ3v) is 4.18. The average Bonchev–Trinajstić information content (AvgIpc) is 2.63. The molecule has 4 heteroatoms. The van der Waals surface area contributed by atoms with E-state index in [-0.39, 0.29) is 24.7 Å². The van der Waals surface area contributed by atoms with E-state index < -0.39 is 5.41 Å². The Hall–Kier alpha value is -1.97. The predicted octanol–water partition coefficient (Wildman–Crippen LogP) is 1.61. The molecule has 1 heterocycles. The highest BCUT2D eigenvalue weighted by Crippen LogP contribution is 2.48. The molecule has 2 aliphatic rings. The number of fused-ring (bicyclic) bond motifs is 2. The van der Waals surface area contributed by atoms with Crippen LogP contribution >= 0.6 is 0 Å². The summed E-state index contributed by atoms with van der Waals surface area (Å²) in [7, 11) is 0. The van der Waals surface area contributed by atoms with Crippen LogP contribution in [0.15, 0.2) is 24.3 Å². The lowest BCUT2D eigenvalue weighted by atomic mass is 9.70. The fourth-order valence-electron chi connectivity index (χ4n) is 3.37. The Labute approximate surface area is 111 Å². The number of aldehydes is 1. The number of amides is 1. The van der Waals surface area contributed by atoms with E-state index in [4.69, 9.17) is 0 Å². The molecule has 1 spiro atoms. The van der Waals surface area contributed by atoms with Crippen LogP contribution < -0.4 is 4.90 Å². The van der Waals surface area contributed by atoms with Gasteiger partial charge in [-0.15, -0.1) is 0 Å². The van der Waals surface area contributed by atoms with E-state index in [1.54, 1.807) is 0 Å². The van der Waals surface area contributed by atoms with Crippen LogP contribution in [0.1, 0.15) is 31.2 Å². The van der Waals surface area contributed by atoms with Crippen molar-refractivity contribution in [2.45, 2.75) is 31.1 Å². The quantitative estimate of drug-likeness (QED) is 0.756. The van der Waals surface area contributed by atoms with Crippen molar-refractivity contribution in [3.63, 3.8) is 0 Å². The fraction of sp³-hybridized carbons (Fsp3) is 0.400. The van der Waals surface area contributed by atoms with E-state index in [0.717, 1.165) is 24.0 Å². The molecule has 1 fully saturated rings. The van der Waals surface area contributed by atoms with E-state index in [2.05, 4.69) is 0 Å². The van der Waals surface area contributed by atoms with Crippen LogP contribution in [-0.2, 0) is 19.8 Å². The summed E-state index contributed by atoms with van der Waals surface area (Å²) in [5.74, 6) is 0.0520. The average molecular weight is 257 g/mol. The zero-order chi connectivity index (χ0) is 13.5. The maximum atomic E-state index is 12.7. The van der Waals surface area contributed by atoms with Crippen molar-refractivity contribution in [1.82, 2.24) is 0 Å². The number of hydrogen-bond donors (Lipinski definition) is 0. The first-order chi connectivity index (χ1) is 9.19. The number of carbonyl (C=O) groups is 3. The van der Waals surface area contributed by atoms with Gasteiger partial charge in [-0.05, 0) is 24.5 Å². The Kier molecular flexibility index (Phi) is 2.73. The van der Waals surface area contributed by atoms with Crippen molar-refractivity contribution >= 4 is 23.7 Å². The van der Waals surface area contributed by atoms with Crippen LogP contribution in [-0.4, -0.2) is 24.5 Å². The van der Waals surface area contributed by atoms with E-state index in [0.29, 0.717) is 12.8 Å². The number of rotatable bonds is 2. The van der Waals surface area contributed by atoms with Gasteiger partial charge in [0.1, 0.15) is 12.1 Å². The van der Waals surface area contributed by atoms with Gasteiger partial charge in [-0.3, -0.25) is 9.59 Å². The molecule has 0 N–H and O–H groups in total. The van der Waals surface area contributed by atoms with Crippen molar-refractivity contribution in [3.8, 4) is 0 Å². The highest BCUT2D eigenvalue weighted by atomic mass is 16.2. The first-order valence-electron chi connectivity index (χ1n) is 6.56. The number of Topliss-reactive ketones (excluding diaryl/α,β-unsaturated/α-hetero) is 1. The number of hydrogen-bond acceptors (Lipinski definition) is 3. The van der Waals surface area contributed by atoms with E-state index in [9.17, 15) is 14.4 Å². The lowest BCUT2D eigenvalue weighted by Gasteiger charge is -2.31. The molecule has 1 aromatic carbocycles. The van der Waals surface area contributed by atoms with Gasteiger partial charge in [-0.1, -0.05) is 18.2 Å². The van der Waals surface area contributed by atoms with Crippen LogP contribution in [0.2, 0.25) is 0 Å². The van der Waals surface area contributed by atoms with Crippen molar-refractivity contribution in [2.75, 3.05) is 11.4 Å². The lowest BCUT2D eigenvalue weighted by molar-refractivity contribution is -0.131. The third kappa shape index (κ3) is 1.63. The Morgan fingerprint density at radius 2 is 2.05 bits per heavy atom. The van der Waals surface area contributed by atoms with Gasteiger partial charge >= 0.3 is 0 Å². The standard InChI is InChI=1S/C15H15NO3/c17-9-8-16-13-6-2-1-5-12(13)15(14(16)19)7-3-4-11(18)10-15/h1-2,5-6,9H,3-4,7-8,10H2. The smallest absolute Gasteiger partial charge is 0.238 e. The van der Waals surface area contributed by atoms with Crippen LogP contribution in [0.5, 0.6) is 0 Å². The zero-order valence-electron chi connectivity index (χ0n) is 10.6.